The average Bonchev–Trinajstić information content (AvgIpc) is 3.31. The minimum absolute atomic E-state index is 0.244. The first kappa shape index (κ1) is 28.7. The zero-order chi connectivity index (χ0) is 30.6. The van der Waals surface area contributed by atoms with Crippen LogP contribution in [0.1, 0.15) is 67.0 Å². The molecule has 0 saturated heterocycles. The van der Waals surface area contributed by atoms with E-state index in [1.165, 1.54) is 22.3 Å². The Morgan fingerprint density at radius 3 is 2.25 bits per heavy atom. The van der Waals surface area contributed by atoms with Gasteiger partial charge < -0.3 is 14.2 Å². The van der Waals surface area contributed by atoms with Crippen molar-refractivity contribution >= 4 is 38.4 Å². The van der Waals surface area contributed by atoms with Crippen LogP contribution >= 0.6 is 15.9 Å². The van der Waals surface area contributed by atoms with Crippen LogP contribution in [0.2, 0.25) is 0 Å². The number of methoxy groups -OCH3 is 2. The molecule has 0 bridgehead atoms. The molecule has 5 aromatic carbocycles. The molecule has 222 valence electrons. The van der Waals surface area contributed by atoms with E-state index in [9.17, 15) is 0 Å². The van der Waals surface area contributed by atoms with Gasteiger partial charge in [-0.3, -0.25) is 0 Å². The Morgan fingerprint density at radius 2 is 1.57 bits per heavy atom. The summed E-state index contributed by atoms with van der Waals surface area (Å²) in [5.41, 5.74) is 8.79. The van der Waals surface area contributed by atoms with E-state index in [1.54, 1.807) is 26.4 Å². The number of benzene rings is 5. The highest BCUT2D eigenvalue weighted by Crippen LogP contribution is 2.60. The van der Waals surface area contributed by atoms with Crippen LogP contribution in [0.25, 0.3) is 33.5 Å². The van der Waals surface area contributed by atoms with Gasteiger partial charge in [0.1, 0.15) is 29.2 Å². The van der Waals surface area contributed by atoms with Gasteiger partial charge in [0.15, 0.2) is 0 Å². The van der Waals surface area contributed by atoms with Crippen LogP contribution < -0.4 is 14.2 Å². The molecule has 44 heavy (non-hydrogen) atoms. The van der Waals surface area contributed by atoms with E-state index in [4.69, 9.17) is 14.2 Å². The van der Waals surface area contributed by atoms with Crippen LogP contribution in [0.4, 0.5) is 4.39 Å². The smallest absolute Gasteiger partial charge is 0.150 e. The van der Waals surface area contributed by atoms with Gasteiger partial charge in [-0.05, 0) is 99.8 Å². The molecule has 0 fully saturated rings. The molecule has 0 aromatic heterocycles. The summed E-state index contributed by atoms with van der Waals surface area (Å²) in [6.07, 6.45) is 5.07. The Morgan fingerprint density at radius 1 is 0.864 bits per heavy atom. The summed E-state index contributed by atoms with van der Waals surface area (Å²) < 4.78 is 34.1. The maximum atomic E-state index is 15.0. The van der Waals surface area contributed by atoms with Gasteiger partial charge in [0.05, 0.1) is 14.2 Å². The quantitative estimate of drug-likeness (QED) is 0.176. The van der Waals surface area contributed by atoms with Crippen molar-refractivity contribution < 1.29 is 18.6 Å². The van der Waals surface area contributed by atoms with Gasteiger partial charge in [-0.2, -0.15) is 0 Å². The summed E-state index contributed by atoms with van der Waals surface area (Å²) in [6, 6.07) is 27.9. The lowest BCUT2D eigenvalue weighted by molar-refractivity contribution is 0.263. The molecule has 1 heterocycles. The van der Waals surface area contributed by atoms with E-state index in [-0.39, 0.29) is 11.2 Å². The highest BCUT2D eigenvalue weighted by molar-refractivity contribution is 9.10. The third-order valence-electron chi connectivity index (χ3n) is 9.35. The Balaban J connectivity index is 1.57. The molecule has 0 radical (unpaired) electrons. The molecule has 0 saturated carbocycles. The number of unbranched alkanes of at least 4 members (excludes halogenated alkanes) is 1. The highest BCUT2D eigenvalue weighted by atomic mass is 79.9. The van der Waals surface area contributed by atoms with Crippen LogP contribution in [0.15, 0.2) is 89.4 Å². The first-order valence-corrected chi connectivity index (χ1v) is 15.9. The second kappa shape index (κ2) is 11.1. The van der Waals surface area contributed by atoms with Gasteiger partial charge in [0.25, 0.3) is 0 Å². The molecular formula is C39H34BrFO3. The third kappa shape index (κ3) is 4.52. The van der Waals surface area contributed by atoms with Crippen LogP contribution in [-0.4, -0.2) is 14.2 Å². The number of fused-ring (bicyclic) bond motifs is 8. The number of ether oxygens (including phenoxy) is 3. The van der Waals surface area contributed by atoms with Crippen molar-refractivity contribution in [2.24, 2.45) is 0 Å². The topological polar surface area (TPSA) is 27.7 Å². The first-order chi connectivity index (χ1) is 21.4. The molecule has 5 aromatic rings. The predicted octanol–water partition coefficient (Wildman–Crippen LogP) is 10.9. The molecule has 2 atom stereocenters. The van der Waals surface area contributed by atoms with E-state index in [0.717, 1.165) is 74.0 Å². The van der Waals surface area contributed by atoms with Crippen LogP contribution in [0, 0.1) is 5.82 Å². The number of hydrogen-bond donors (Lipinski definition) is 0. The zero-order valence-corrected chi connectivity index (χ0v) is 26.9. The summed E-state index contributed by atoms with van der Waals surface area (Å²) in [6.45, 7) is 4.61. The normalized spacial score (nSPS) is 18.2. The summed E-state index contributed by atoms with van der Waals surface area (Å²) in [5, 5.41) is 1.79. The van der Waals surface area contributed by atoms with Gasteiger partial charge in [-0.25, -0.2) is 4.39 Å². The van der Waals surface area contributed by atoms with Crippen molar-refractivity contribution in [3.63, 3.8) is 0 Å². The van der Waals surface area contributed by atoms with Gasteiger partial charge >= 0.3 is 0 Å². The minimum Gasteiger partial charge on any atom is -0.497 e. The molecule has 0 amide bonds. The zero-order valence-electron chi connectivity index (χ0n) is 25.3. The van der Waals surface area contributed by atoms with Crippen molar-refractivity contribution in [2.45, 2.75) is 44.6 Å². The van der Waals surface area contributed by atoms with Crippen molar-refractivity contribution in [2.75, 3.05) is 14.2 Å². The summed E-state index contributed by atoms with van der Waals surface area (Å²) in [5.74, 6) is 2.02. The van der Waals surface area contributed by atoms with Crippen molar-refractivity contribution in [3.8, 4) is 28.4 Å². The number of halogens is 2. The molecule has 0 N–H and O–H groups in total. The van der Waals surface area contributed by atoms with Gasteiger partial charge in [-0.1, -0.05) is 79.0 Å². The molecule has 5 heteroatoms. The summed E-state index contributed by atoms with van der Waals surface area (Å²) >= 11 is 3.74. The van der Waals surface area contributed by atoms with Gasteiger partial charge in [-0.15, -0.1) is 0 Å². The van der Waals surface area contributed by atoms with Crippen LogP contribution in [0.3, 0.4) is 0 Å². The number of hydrogen-bond acceptors (Lipinski definition) is 3. The molecule has 7 rings (SSSR count). The molecule has 1 aliphatic heterocycles. The van der Waals surface area contributed by atoms with Crippen molar-refractivity contribution in [3.05, 3.63) is 123 Å². The summed E-state index contributed by atoms with van der Waals surface area (Å²) in [4.78, 5) is 0. The Kier molecular flexibility index (Phi) is 7.25. The second-order valence-corrected chi connectivity index (χ2v) is 12.8. The van der Waals surface area contributed by atoms with Crippen LogP contribution in [-0.2, 0) is 5.41 Å². The molecule has 1 aliphatic carbocycles. The Bertz CT molecular complexity index is 1930. The Labute approximate surface area is 266 Å². The first-order valence-electron chi connectivity index (χ1n) is 15.1. The molecule has 3 nitrogen and oxygen atoms in total. The predicted molar refractivity (Wildman–Crippen MR) is 180 cm³/mol. The third-order valence-corrected chi connectivity index (χ3v) is 9.84. The summed E-state index contributed by atoms with van der Waals surface area (Å²) in [7, 11) is 3.34. The molecular weight excluding hydrogens is 615 g/mol. The van der Waals surface area contributed by atoms with Gasteiger partial charge in [0, 0.05) is 26.4 Å². The van der Waals surface area contributed by atoms with Crippen molar-refractivity contribution in [1.82, 2.24) is 0 Å². The largest absolute Gasteiger partial charge is 0.497 e. The molecule has 2 unspecified atom stereocenters. The molecule has 2 aliphatic rings. The maximum absolute atomic E-state index is 15.0. The molecule has 0 spiro atoms. The SMILES string of the molecule is CCCCC1(C)c2ccc(Br)cc2-c2c1c1c(c3cc(F)ccc23)OC(c2ccc(OC)cc2)C(c2ccc(OC)cc2)=C1. The fraction of sp³-hybridized carbons (Fsp3) is 0.231. The van der Waals surface area contributed by atoms with E-state index in [0.29, 0.717) is 0 Å². The minimum atomic E-state index is -0.411. The Hall–Kier alpha value is -4.09. The van der Waals surface area contributed by atoms with Crippen LogP contribution in [0.5, 0.6) is 17.2 Å². The highest BCUT2D eigenvalue weighted by Gasteiger charge is 2.44. The second-order valence-electron chi connectivity index (χ2n) is 11.9. The fourth-order valence-corrected chi connectivity index (χ4v) is 7.52. The lowest BCUT2D eigenvalue weighted by atomic mass is 9.73. The average molecular weight is 650 g/mol. The van der Waals surface area contributed by atoms with E-state index < -0.39 is 6.10 Å². The van der Waals surface area contributed by atoms with E-state index in [1.807, 2.05) is 42.5 Å². The van der Waals surface area contributed by atoms with Crippen molar-refractivity contribution in [1.29, 1.82) is 0 Å². The van der Waals surface area contributed by atoms with Gasteiger partial charge in [0.2, 0.25) is 0 Å². The monoisotopic (exact) mass is 648 g/mol. The lowest BCUT2D eigenvalue weighted by Crippen LogP contribution is -2.24. The maximum Gasteiger partial charge on any atom is 0.150 e. The van der Waals surface area contributed by atoms with E-state index in [2.05, 4.69) is 66.2 Å². The number of rotatable bonds is 7. The van der Waals surface area contributed by atoms with E-state index >= 15 is 4.39 Å². The lowest BCUT2D eigenvalue weighted by Gasteiger charge is -2.35. The fourth-order valence-electron chi connectivity index (χ4n) is 7.15. The standard InChI is InChI=1S/C39H34BrFO3/c1-5-6-19-39(2)34-18-11-25(40)20-32(34)35-29-17-12-26(41)21-31(29)38-33(36(35)39)22-30(23-7-13-27(42-3)14-8-23)37(44-38)24-9-15-28(43-4)16-10-24/h7-18,20-22,37H,5-6,19H2,1-4H3.